The minimum atomic E-state index is -2.51. The molecule has 0 saturated carbocycles. The topological polar surface area (TPSA) is 26.0 Å². The number of hydrogen-bond acceptors (Lipinski definition) is 2. The number of anilines is 1. The van der Waals surface area contributed by atoms with Crippen LogP contribution in [-0.4, -0.2) is 0 Å². The van der Waals surface area contributed by atoms with Gasteiger partial charge in [0, 0.05) is 21.0 Å². The molecule has 0 bridgehead atoms. The van der Waals surface area contributed by atoms with Crippen LogP contribution in [0.1, 0.15) is 17.6 Å². The van der Waals surface area contributed by atoms with Gasteiger partial charge in [-0.1, -0.05) is 30.0 Å². The fraction of sp³-hybridized carbons (Fsp3) is 0.143. The van der Waals surface area contributed by atoms with Crippen LogP contribution in [0, 0.1) is 6.92 Å². The first-order chi connectivity index (χ1) is 8.58. The molecular weight excluding hydrogens is 252 g/mol. The van der Waals surface area contributed by atoms with Crippen LogP contribution in [0.2, 0.25) is 0 Å². The zero-order chi connectivity index (χ0) is 13.1. The number of hydrogen-bond donors (Lipinski definition) is 1. The molecule has 2 aromatic carbocycles. The zero-order valence-electron chi connectivity index (χ0n) is 9.86. The third-order valence-electron chi connectivity index (χ3n) is 2.58. The lowest BCUT2D eigenvalue weighted by molar-refractivity contribution is 0.148. The van der Waals surface area contributed by atoms with E-state index in [1.54, 1.807) is 12.1 Å². The molecule has 0 saturated heterocycles. The van der Waals surface area contributed by atoms with Gasteiger partial charge in [-0.05, 0) is 36.8 Å². The van der Waals surface area contributed by atoms with E-state index >= 15 is 0 Å². The lowest BCUT2D eigenvalue weighted by Gasteiger charge is -2.10. The van der Waals surface area contributed by atoms with Crippen LogP contribution in [0.15, 0.2) is 52.3 Å². The highest BCUT2D eigenvalue weighted by Crippen LogP contribution is 2.37. The van der Waals surface area contributed by atoms with Crippen molar-refractivity contribution in [3.8, 4) is 0 Å². The van der Waals surface area contributed by atoms with E-state index in [4.69, 9.17) is 5.73 Å². The van der Waals surface area contributed by atoms with Crippen molar-refractivity contribution in [2.75, 3.05) is 5.73 Å². The van der Waals surface area contributed by atoms with Gasteiger partial charge in [-0.2, -0.15) is 0 Å². The normalized spacial score (nSPS) is 10.9. The smallest absolute Gasteiger partial charge is 0.265 e. The van der Waals surface area contributed by atoms with Gasteiger partial charge in [-0.25, -0.2) is 8.78 Å². The number of nitrogen functional groups attached to an aromatic ring is 1. The molecule has 94 valence electrons. The van der Waals surface area contributed by atoms with Gasteiger partial charge in [0.2, 0.25) is 0 Å². The zero-order valence-corrected chi connectivity index (χ0v) is 10.7. The van der Waals surface area contributed by atoms with Crippen molar-refractivity contribution in [3.63, 3.8) is 0 Å². The number of alkyl halides is 2. The van der Waals surface area contributed by atoms with Gasteiger partial charge in [0.05, 0.1) is 0 Å². The number of aryl methyl sites for hydroxylation is 1. The summed E-state index contributed by atoms with van der Waals surface area (Å²) >= 11 is 1.34. The minimum Gasteiger partial charge on any atom is -0.399 e. The Morgan fingerprint density at radius 2 is 1.78 bits per heavy atom. The molecule has 0 spiro atoms. The Hall–Kier alpha value is -1.55. The Kier molecular flexibility index (Phi) is 3.87. The maximum Gasteiger partial charge on any atom is 0.265 e. The van der Waals surface area contributed by atoms with Crippen molar-refractivity contribution in [1.29, 1.82) is 0 Å². The van der Waals surface area contributed by atoms with Gasteiger partial charge in [0.25, 0.3) is 6.43 Å². The molecule has 0 aliphatic heterocycles. The largest absolute Gasteiger partial charge is 0.399 e. The summed E-state index contributed by atoms with van der Waals surface area (Å²) in [4.78, 5) is 1.53. The fourth-order valence-corrected chi connectivity index (χ4v) is 2.63. The molecule has 2 rings (SSSR count). The molecule has 0 heterocycles. The Bertz CT molecular complexity index is 555. The van der Waals surface area contributed by atoms with Gasteiger partial charge in [-0.15, -0.1) is 0 Å². The molecule has 0 aromatic heterocycles. The molecule has 0 aliphatic rings. The van der Waals surface area contributed by atoms with Crippen LogP contribution >= 0.6 is 11.8 Å². The van der Waals surface area contributed by atoms with Crippen LogP contribution in [0.5, 0.6) is 0 Å². The first kappa shape index (κ1) is 12.9. The van der Waals surface area contributed by atoms with Crippen molar-refractivity contribution < 1.29 is 8.78 Å². The first-order valence-corrected chi connectivity index (χ1v) is 6.30. The second-order valence-electron chi connectivity index (χ2n) is 3.97. The summed E-state index contributed by atoms with van der Waals surface area (Å²) < 4.78 is 25.9. The average molecular weight is 265 g/mol. The molecule has 2 N–H and O–H groups in total. The SMILES string of the molecule is Cc1ccccc1Sc1ccc(N)cc1C(F)F. The Morgan fingerprint density at radius 3 is 2.44 bits per heavy atom. The van der Waals surface area contributed by atoms with E-state index in [0.29, 0.717) is 10.6 Å². The van der Waals surface area contributed by atoms with E-state index in [1.807, 2.05) is 31.2 Å². The highest BCUT2D eigenvalue weighted by atomic mass is 32.2. The number of halogens is 2. The predicted molar refractivity (Wildman–Crippen MR) is 71.1 cm³/mol. The predicted octanol–water partition coefficient (Wildman–Crippen LogP) is 4.67. The van der Waals surface area contributed by atoms with Gasteiger partial charge in [0.1, 0.15) is 0 Å². The molecule has 0 fully saturated rings. The van der Waals surface area contributed by atoms with Crippen molar-refractivity contribution in [2.45, 2.75) is 23.1 Å². The summed E-state index contributed by atoms with van der Waals surface area (Å²) in [5, 5.41) is 0. The summed E-state index contributed by atoms with van der Waals surface area (Å²) in [6.45, 7) is 1.96. The third kappa shape index (κ3) is 2.82. The second-order valence-corrected chi connectivity index (χ2v) is 5.05. The molecular formula is C14H13F2NS. The van der Waals surface area contributed by atoms with Crippen LogP contribution < -0.4 is 5.73 Å². The molecule has 0 aliphatic carbocycles. The van der Waals surface area contributed by atoms with E-state index in [2.05, 4.69) is 0 Å². The first-order valence-electron chi connectivity index (χ1n) is 5.49. The number of rotatable bonds is 3. The van der Waals surface area contributed by atoms with Gasteiger partial charge >= 0.3 is 0 Å². The van der Waals surface area contributed by atoms with Gasteiger partial charge < -0.3 is 5.73 Å². The number of nitrogens with two attached hydrogens (primary N) is 1. The van der Waals surface area contributed by atoms with Crippen molar-refractivity contribution in [1.82, 2.24) is 0 Å². The fourth-order valence-electron chi connectivity index (χ4n) is 1.62. The third-order valence-corrected chi connectivity index (χ3v) is 3.85. The molecule has 18 heavy (non-hydrogen) atoms. The van der Waals surface area contributed by atoms with Gasteiger partial charge in [0.15, 0.2) is 0 Å². The monoisotopic (exact) mass is 265 g/mol. The summed E-state index contributed by atoms with van der Waals surface area (Å²) in [6, 6.07) is 12.3. The summed E-state index contributed by atoms with van der Waals surface area (Å²) in [6.07, 6.45) is -2.51. The van der Waals surface area contributed by atoms with E-state index in [1.165, 1.54) is 17.8 Å². The van der Waals surface area contributed by atoms with E-state index in [-0.39, 0.29) is 5.56 Å². The maximum absolute atomic E-state index is 12.9. The highest BCUT2D eigenvalue weighted by molar-refractivity contribution is 7.99. The molecule has 0 atom stereocenters. The molecule has 2 aromatic rings. The summed E-state index contributed by atoms with van der Waals surface area (Å²) in [5.74, 6) is 0. The maximum atomic E-state index is 12.9. The van der Waals surface area contributed by atoms with E-state index in [0.717, 1.165) is 10.5 Å². The van der Waals surface area contributed by atoms with Crippen molar-refractivity contribution in [3.05, 3.63) is 53.6 Å². The molecule has 4 heteroatoms. The molecule has 0 radical (unpaired) electrons. The van der Waals surface area contributed by atoms with Crippen LogP contribution in [0.25, 0.3) is 0 Å². The summed E-state index contributed by atoms with van der Waals surface area (Å²) in [7, 11) is 0. The van der Waals surface area contributed by atoms with E-state index < -0.39 is 6.43 Å². The summed E-state index contributed by atoms with van der Waals surface area (Å²) in [5.41, 5.74) is 6.96. The van der Waals surface area contributed by atoms with E-state index in [9.17, 15) is 8.78 Å². The Balaban J connectivity index is 2.37. The average Bonchev–Trinajstić information content (AvgIpc) is 2.34. The van der Waals surface area contributed by atoms with Crippen molar-refractivity contribution >= 4 is 17.4 Å². The Morgan fingerprint density at radius 1 is 1.06 bits per heavy atom. The van der Waals surface area contributed by atoms with Crippen LogP contribution in [-0.2, 0) is 0 Å². The quantitative estimate of drug-likeness (QED) is 0.816. The van der Waals surface area contributed by atoms with Gasteiger partial charge in [-0.3, -0.25) is 0 Å². The molecule has 0 amide bonds. The number of benzene rings is 2. The van der Waals surface area contributed by atoms with Crippen molar-refractivity contribution in [2.24, 2.45) is 0 Å². The second kappa shape index (κ2) is 5.40. The lowest BCUT2D eigenvalue weighted by atomic mass is 10.2. The standard InChI is InChI=1S/C14H13F2NS/c1-9-4-2-3-5-12(9)18-13-7-6-10(17)8-11(13)14(15)16/h2-8,14H,17H2,1H3. The van der Waals surface area contributed by atoms with Crippen LogP contribution in [0.4, 0.5) is 14.5 Å². The lowest BCUT2D eigenvalue weighted by Crippen LogP contribution is -1.93. The molecule has 1 nitrogen and oxygen atoms in total. The minimum absolute atomic E-state index is 0.0109. The highest BCUT2D eigenvalue weighted by Gasteiger charge is 2.14. The Labute approximate surface area is 109 Å². The molecule has 0 unspecified atom stereocenters. The van der Waals surface area contributed by atoms with Crippen LogP contribution in [0.3, 0.4) is 0 Å².